The second kappa shape index (κ2) is 8.75. The van der Waals surface area contributed by atoms with Crippen molar-refractivity contribution >= 4 is 17.5 Å². The summed E-state index contributed by atoms with van der Waals surface area (Å²) in [6.07, 6.45) is 0. The molecule has 1 aliphatic rings. The number of methoxy groups -OCH3 is 2. The number of hydrogen-bond acceptors (Lipinski definition) is 5. The second-order valence-corrected chi connectivity index (χ2v) is 6.60. The summed E-state index contributed by atoms with van der Waals surface area (Å²) in [4.78, 5) is 26.8. The Bertz CT molecular complexity index is 850. The van der Waals surface area contributed by atoms with E-state index >= 15 is 0 Å². The van der Waals surface area contributed by atoms with E-state index < -0.39 is 6.04 Å². The van der Waals surface area contributed by atoms with Gasteiger partial charge in [0.25, 0.3) is 0 Å². The topological polar surface area (TPSA) is 77.1 Å². The number of carbonyl (C=O) groups is 2. The summed E-state index contributed by atoms with van der Waals surface area (Å²) in [5.41, 5.74) is 2.65. The summed E-state index contributed by atoms with van der Waals surface area (Å²) in [6.45, 7) is 2.48. The van der Waals surface area contributed by atoms with Crippen LogP contribution in [0.2, 0.25) is 0 Å². The Morgan fingerprint density at radius 2 is 1.86 bits per heavy atom. The summed E-state index contributed by atoms with van der Waals surface area (Å²) in [7, 11) is 3.07. The maximum absolute atomic E-state index is 12.9. The van der Waals surface area contributed by atoms with Crippen molar-refractivity contribution in [2.75, 3.05) is 32.8 Å². The fraction of sp³-hybridized carbons (Fsp3) is 0.333. The third-order valence-corrected chi connectivity index (χ3v) is 4.63. The molecule has 0 spiro atoms. The van der Waals surface area contributed by atoms with Crippen LogP contribution >= 0.6 is 0 Å². The monoisotopic (exact) mass is 384 g/mol. The summed E-state index contributed by atoms with van der Waals surface area (Å²) >= 11 is 0. The van der Waals surface area contributed by atoms with Gasteiger partial charge in [-0.15, -0.1) is 0 Å². The molecule has 2 aromatic carbocycles. The molecule has 0 bridgehead atoms. The molecule has 1 saturated heterocycles. The van der Waals surface area contributed by atoms with Crippen LogP contribution in [-0.2, 0) is 20.9 Å². The number of hydrogen-bond donors (Lipinski definition) is 1. The molecule has 7 heteroatoms. The molecule has 28 heavy (non-hydrogen) atoms. The van der Waals surface area contributed by atoms with Crippen LogP contribution in [0, 0.1) is 6.92 Å². The molecule has 3 rings (SSSR count). The zero-order chi connectivity index (χ0) is 20.1. The molecule has 0 aromatic heterocycles. The number of ether oxygens (including phenoxy) is 3. The number of nitrogens with one attached hydrogen (secondary N) is 1. The Morgan fingerprint density at radius 1 is 1.14 bits per heavy atom. The Labute approximate surface area is 164 Å². The van der Waals surface area contributed by atoms with E-state index in [1.165, 1.54) is 7.11 Å². The quantitative estimate of drug-likeness (QED) is 0.828. The Morgan fingerprint density at radius 3 is 2.54 bits per heavy atom. The molecule has 1 N–H and O–H groups in total. The van der Waals surface area contributed by atoms with E-state index in [1.807, 2.05) is 31.2 Å². The van der Waals surface area contributed by atoms with Gasteiger partial charge in [-0.05, 0) is 24.6 Å². The minimum atomic E-state index is -0.712. The number of anilines is 1. The van der Waals surface area contributed by atoms with Crippen LogP contribution < -0.4 is 14.8 Å². The lowest BCUT2D eigenvalue weighted by molar-refractivity contribution is -0.154. The van der Waals surface area contributed by atoms with E-state index in [4.69, 9.17) is 14.2 Å². The molecule has 0 saturated carbocycles. The highest BCUT2D eigenvalue weighted by Crippen LogP contribution is 2.30. The zero-order valence-corrected chi connectivity index (χ0v) is 16.2. The van der Waals surface area contributed by atoms with Gasteiger partial charge in [-0.2, -0.15) is 0 Å². The maximum Gasteiger partial charge on any atom is 0.249 e. The lowest BCUT2D eigenvalue weighted by Gasteiger charge is -2.34. The molecule has 7 nitrogen and oxygen atoms in total. The number of carbonyl (C=O) groups excluding carboxylic acids is 2. The average Bonchev–Trinajstić information content (AvgIpc) is 2.70. The van der Waals surface area contributed by atoms with Gasteiger partial charge < -0.3 is 24.4 Å². The van der Waals surface area contributed by atoms with Crippen molar-refractivity contribution in [3.8, 4) is 11.5 Å². The smallest absolute Gasteiger partial charge is 0.249 e. The van der Waals surface area contributed by atoms with Crippen molar-refractivity contribution < 1.29 is 23.8 Å². The molecule has 1 fully saturated rings. The molecule has 0 radical (unpaired) electrons. The van der Waals surface area contributed by atoms with Gasteiger partial charge >= 0.3 is 0 Å². The zero-order valence-electron chi connectivity index (χ0n) is 16.2. The minimum absolute atomic E-state index is 0.0218. The summed E-state index contributed by atoms with van der Waals surface area (Å²) in [5, 5.41) is 2.83. The van der Waals surface area contributed by atoms with E-state index in [-0.39, 0.29) is 25.0 Å². The van der Waals surface area contributed by atoms with E-state index in [0.717, 1.165) is 11.1 Å². The number of aryl methyl sites for hydroxylation is 1. The number of rotatable bonds is 6. The maximum atomic E-state index is 12.9. The highest BCUT2D eigenvalue weighted by molar-refractivity contribution is 5.98. The van der Waals surface area contributed by atoms with Crippen molar-refractivity contribution in [3.05, 3.63) is 53.6 Å². The predicted molar refractivity (Wildman–Crippen MR) is 105 cm³/mol. The van der Waals surface area contributed by atoms with E-state index in [1.54, 1.807) is 30.2 Å². The molecule has 0 aliphatic carbocycles. The van der Waals surface area contributed by atoms with Crippen LogP contribution in [0.15, 0.2) is 42.5 Å². The highest BCUT2D eigenvalue weighted by Gasteiger charge is 2.34. The van der Waals surface area contributed by atoms with Crippen molar-refractivity contribution in [1.29, 1.82) is 0 Å². The Balaban J connectivity index is 1.76. The van der Waals surface area contributed by atoms with E-state index in [9.17, 15) is 9.59 Å². The molecule has 2 aromatic rings. The molecule has 1 heterocycles. The minimum Gasteiger partial charge on any atom is -0.493 e. The molecule has 2 amide bonds. The molecular formula is C21H24N2O5. The number of nitrogens with zero attached hydrogens (tertiary/aromatic N) is 1. The van der Waals surface area contributed by atoms with Gasteiger partial charge in [-0.3, -0.25) is 9.59 Å². The first-order chi connectivity index (χ1) is 13.5. The van der Waals surface area contributed by atoms with Crippen LogP contribution in [-0.4, -0.2) is 50.2 Å². The Hall–Kier alpha value is -3.06. The van der Waals surface area contributed by atoms with Crippen LogP contribution in [0.3, 0.4) is 0 Å². The number of morpholine rings is 1. The summed E-state index contributed by atoms with van der Waals surface area (Å²) < 4.78 is 15.8. The standard InChI is InChI=1S/C21H24N2O5/c1-14-4-6-15(7-5-14)11-23-17(12-28-13-20(23)24)21(25)22-16-8-9-18(26-2)19(10-16)27-3/h4-10,17H,11-13H2,1-3H3,(H,22,25)/t17-/m0/s1. The van der Waals surface area contributed by atoms with Gasteiger partial charge in [0, 0.05) is 18.3 Å². The molecule has 1 aliphatic heterocycles. The summed E-state index contributed by atoms with van der Waals surface area (Å²) in [5.74, 6) is 0.553. The summed E-state index contributed by atoms with van der Waals surface area (Å²) in [6, 6.07) is 12.3. The van der Waals surface area contributed by atoms with Gasteiger partial charge in [0.1, 0.15) is 12.6 Å². The van der Waals surface area contributed by atoms with Crippen molar-refractivity contribution in [2.45, 2.75) is 19.5 Å². The SMILES string of the molecule is COc1ccc(NC(=O)[C@@H]2COCC(=O)N2Cc2ccc(C)cc2)cc1OC. The number of amides is 2. The highest BCUT2D eigenvalue weighted by atomic mass is 16.5. The second-order valence-electron chi connectivity index (χ2n) is 6.60. The van der Waals surface area contributed by atoms with Gasteiger partial charge in [-0.1, -0.05) is 29.8 Å². The lowest BCUT2D eigenvalue weighted by Crippen LogP contribution is -2.54. The first-order valence-corrected chi connectivity index (χ1v) is 8.97. The van der Waals surface area contributed by atoms with Gasteiger partial charge in [0.2, 0.25) is 11.8 Å². The first-order valence-electron chi connectivity index (χ1n) is 8.97. The lowest BCUT2D eigenvalue weighted by atomic mass is 10.1. The fourth-order valence-electron chi connectivity index (χ4n) is 3.05. The molecular weight excluding hydrogens is 360 g/mol. The first kappa shape index (κ1) is 19.7. The van der Waals surface area contributed by atoms with E-state index in [2.05, 4.69) is 5.32 Å². The van der Waals surface area contributed by atoms with Crippen LogP contribution in [0.5, 0.6) is 11.5 Å². The third kappa shape index (κ3) is 4.43. The largest absolute Gasteiger partial charge is 0.493 e. The average molecular weight is 384 g/mol. The van der Waals surface area contributed by atoms with Gasteiger partial charge in [0.05, 0.1) is 20.8 Å². The van der Waals surface area contributed by atoms with Crippen molar-refractivity contribution in [2.24, 2.45) is 0 Å². The van der Waals surface area contributed by atoms with Crippen LogP contribution in [0.4, 0.5) is 5.69 Å². The Kier molecular flexibility index (Phi) is 6.16. The molecule has 148 valence electrons. The molecule has 1 atom stereocenters. The van der Waals surface area contributed by atoms with Gasteiger partial charge in [0.15, 0.2) is 11.5 Å². The van der Waals surface area contributed by atoms with Crippen LogP contribution in [0.25, 0.3) is 0 Å². The van der Waals surface area contributed by atoms with Crippen LogP contribution in [0.1, 0.15) is 11.1 Å². The van der Waals surface area contributed by atoms with Crippen molar-refractivity contribution in [1.82, 2.24) is 4.90 Å². The predicted octanol–water partition coefficient (Wildman–Crippen LogP) is 2.38. The normalized spacial score (nSPS) is 16.6. The molecule has 0 unspecified atom stereocenters. The van der Waals surface area contributed by atoms with Crippen molar-refractivity contribution in [3.63, 3.8) is 0 Å². The fourth-order valence-corrected chi connectivity index (χ4v) is 3.05. The van der Waals surface area contributed by atoms with E-state index in [0.29, 0.717) is 23.7 Å². The number of benzene rings is 2. The third-order valence-electron chi connectivity index (χ3n) is 4.63. The van der Waals surface area contributed by atoms with Gasteiger partial charge in [-0.25, -0.2) is 0 Å².